The molecular formula is C36H30O8S2. The molecule has 2 aliphatic heterocycles. The zero-order chi connectivity index (χ0) is 32.2. The summed E-state index contributed by atoms with van der Waals surface area (Å²) in [5, 5.41) is 0. The Morgan fingerprint density at radius 3 is 1.15 bits per heavy atom. The Kier molecular flexibility index (Phi) is 7.28. The van der Waals surface area contributed by atoms with Gasteiger partial charge in [0.1, 0.15) is 11.5 Å². The summed E-state index contributed by atoms with van der Waals surface area (Å²) in [5.41, 5.74) is -0.218. The largest absolute Gasteiger partial charge is 0.481 e. The van der Waals surface area contributed by atoms with E-state index in [-0.39, 0.29) is 0 Å². The number of benzene rings is 5. The molecule has 10 heteroatoms. The summed E-state index contributed by atoms with van der Waals surface area (Å²) in [6.07, 6.45) is 0.131. The average molecular weight is 655 g/mol. The highest BCUT2D eigenvalue weighted by atomic mass is 32.2. The van der Waals surface area contributed by atoms with E-state index in [0.717, 1.165) is 12.5 Å². The average Bonchev–Trinajstić information content (AvgIpc) is 3.53. The van der Waals surface area contributed by atoms with Gasteiger partial charge >= 0.3 is 0 Å². The van der Waals surface area contributed by atoms with Gasteiger partial charge in [0, 0.05) is 17.2 Å². The van der Waals surface area contributed by atoms with Crippen LogP contribution in [-0.4, -0.2) is 29.3 Å². The lowest BCUT2D eigenvalue weighted by Crippen LogP contribution is -2.39. The van der Waals surface area contributed by atoms with Crippen LogP contribution < -0.4 is 9.47 Å². The molecule has 0 aromatic heterocycles. The molecule has 5 aromatic rings. The maximum Gasteiger partial charge on any atom is 0.265 e. The minimum absolute atomic E-state index is 0.329. The van der Waals surface area contributed by atoms with Crippen molar-refractivity contribution in [2.45, 2.75) is 23.4 Å². The zero-order valence-electron chi connectivity index (χ0n) is 24.9. The highest BCUT2D eigenvalue weighted by molar-refractivity contribution is 7.86. The number of hydrogen-bond acceptors (Lipinski definition) is 8. The first-order valence-electron chi connectivity index (χ1n) is 14.6. The van der Waals surface area contributed by atoms with Gasteiger partial charge in [-0.2, -0.15) is 16.8 Å². The molecule has 8 nitrogen and oxygen atoms in total. The van der Waals surface area contributed by atoms with Crippen LogP contribution in [0.25, 0.3) is 0 Å². The minimum Gasteiger partial charge on any atom is -0.481 e. The highest BCUT2D eigenvalue weighted by Gasteiger charge is 2.60. The van der Waals surface area contributed by atoms with Crippen molar-refractivity contribution in [2.75, 3.05) is 12.5 Å². The summed E-state index contributed by atoms with van der Waals surface area (Å²) in [7, 11) is -8.23. The van der Waals surface area contributed by atoms with Gasteiger partial charge in [-0.05, 0) is 28.3 Å². The molecule has 0 saturated heterocycles. The van der Waals surface area contributed by atoms with Crippen LogP contribution in [0.3, 0.4) is 0 Å². The van der Waals surface area contributed by atoms with E-state index in [4.69, 9.17) is 17.8 Å². The van der Waals surface area contributed by atoms with Crippen LogP contribution >= 0.6 is 0 Å². The van der Waals surface area contributed by atoms with Crippen molar-refractivity contribution in [1.82, 2.24) is 0 Å². The molecule has 5 aromatic carbocycles. The normalized spacial score (nSPS) is 23.6. The van der Waals surface area contributed by atoms with E-state index in [1.165, 1.54) is 0 Å². The summed E-state index contributed by atoms with van der Waals surface area (Å²) in [6, 6.07) is 39.8. The van der Waals surface area contributed by atoms with E-state index in [2.05, 4.69) is 0 Å². The molecule has 4 atom stereocenters. The van der Waals surface area contributed by atoms with Gasteiger partial charge in [-0.1, -0.05) is 121 Å². The monoisotopic (exact) mass is 654 g/mol. The van der Waals surface area contributed by atoms with Crippen LogP contribution in [0, 0.1) is 0 Å². The predicted octanol–water partition coefficient (Wildman–Crippen LogP) is 6.39. The van der Waals surface area contributed by atoms with Gasteiger partial charge in [0.15, 0.2) is 23.4 Å². The van der Waals surface area contributed by atoms with Crippen LogP contribution in [-0.2, 0) is 39.8 Å². The molecule has 0 aliphatic carbocycles. The second kappa shape index (κ2) is 11.1. The van der Waals surface area contributed by atoms with Gasteiger partial charge in [0.2, 0.25) is 0 Å². The molecule has 4 unspecified atom stereocenters. The second-order valence-corrected chi connectivity index (χ2v) is 14.6. The van der Waals surface area contributed by atoms with E-state index >= 15 is 0 Å². The predicted molar refractivity (Wildman–Crippen MR) is 172 cm³/mol. The van der Waals surface area contributed by atoms with E-state index in [0.29, 0.717) is 44.9 Å². The van der Waals surface area contributed by atoms with Gasteiger partial charge in [0.25, 0.3) is 20.2 Å². The Morgan fingerprint density at radius 2 is 0.826 bits per heavy atom. The van der Waals surface area contributed by atoms with E-state index in [1.54, 1.807) is 60.7 Å². The van der Waals surface area contributed by atoms with Gasteiger partial charge in [-0.25, -0.2) is 8.37 Å². The van der Waals surface area contributed by atoms with E-state index < -0.39 is 43.6 Å². The first kappa shape index (κ1) is 30.2. The van der Waals surface area contributed by atoms with Gasteiger partial charge in [-0.3, -0.25) is 0 Å². The minimum atomic E-state index is -4.11. The molecule has 0 amide bonds. The van der Waals surface area contributed by atoms with Crippen molar-refractivity contribution in [3.8, 4) is 11.5 Å². The summed E-state index contributed by atoms with van der Waals surface area (Å²) >= 11 is 0. The Bertz CT molecular complexity index is 1960. The molecule has 7 rings (SSSR count). The first-order chi connectivity index (χ1) is 22.0. The lowest BCUT2D eigenvalue weighted by Gasteiger charge is -2.35. The summed E-state index contributed by atoms with van der Waals surface area (Å²) < 4.78 is 78.2. The summed E-state index contributed by atoms with van der Waals surface area (Å²) in [6.45, 7) is 0. The number of hydrogen-bond donors (Lipinski definition) is 0. The van der Waals surface area contributed by atoms with Crippen LogP contribution in [0.2, 0.25) is 0 Å². The molecule has 0 fully saturated rings. The molecule has 2 heterocycles. The van der Waals surface area contributed by atoms with Crippen LogP contribution in [0.4, 0.5) is 0 Å². The maximum absolute atomic E-state index is 13.2. The third kappa shape index (κ3) is 5.07. The van der Waals surface area contributed by atoms with E-state index in [9.17, 15) is 16.8 Å². The fourth-order valence-electron chi connectivity index (χ4n) is 6.64. The molecule has 0 bridgehead atoms. The summed E-state index contributed by atoms with van der Waals surface area (Å²) in [4.78, 5) is 0. The molecule has 2 aliphatic rings. The van der Waals surface area contributed by atoms with Crippen molar-refractivity contribution in [3.05, 3.63) is 167 Å². The van der Waals surface area contributed by atoms with Crippen LogP contribution in [0.15, 0.2) is 133 Å². The molecule has 46 heavy (non-hydrogen) atoms. The lowest BCUT2D eigenvalue weighted by molar-refractivity contribution is 0.0165. The maximum atomic E-state index is 13.2. The van der Waals surface area contributed by atoms with Crippen molar-refractivity contribution in [2.24, 2.45) is 0 Å². The molecule has 0 spiro atoms. The SMILES string of the molecule is CS(=O)(=O)OC1(c2ccccc2)c2cc3c(cc2OC1c1ccccc1)OC(c1ccccc1)C3(OS(C)(=O)=O)c1ccccc1. The third-order valence-corrected chi connectivity index (χ3v) is 9.42. The van der Waals surface area contributed by atoms with Crippen LogP contribution in [0.1, 0.15) is 45.6 Å². The van der Waals surface area contributed by atoms with Crippen LogP contribution in [0.5, 0.6) is 11.5 Å². The smallest absolute Gasteiger partial charge is 0.265 e. The number of fused-ring (bicyclic) bond motifs is 2. The Labute approximate surface area is 268 Å². The fourth-order valence-corrected chi connectivity index (χ4v) is 8.14. The molecule has 0 radical (unpaired) electrons. The third-order valence-electron chi connectivity index (χ3n) is 8.29. The summed E-state index contributed by atoms with van der Waals surface area (Å²) in [5.74, 6) is 0.658. The lowest BCUT2D eigenvalue weighted by atomic mass is 9.76. The number of ether oxygens (including phenoxy) is 2. The topological polar surface area (TPSA) is 105 Å². The standard InChI is InChI=1S/C36H30O8S2/c1-45(37,38)43-35(27-19-11-5-12-20-27)29-23-30-32(24-31(29)41-33(35)25-15-7-3-8-16-25)42-34(26-17-9-4-10-18-26)36(30,44-46(2,39)40)28-21-13-6-14-22-28/h3-24,33-34H,1-2H3. The Balaban J connectivity index is 1.57. The molecule has 234 valence electrons. The molecule has 0 saturated carbocycles. The fraction of sp³-hybridized carbons (Fsp3) is 0.167. The number of rotatable bonds is 8. The van der Waals surface area contributed by atoms with Gasteiger partial charge in [0.05, 0.1) is 12.5 Å². The van der Waals surface area contributed by atoms with Crippen molar-refractivity contribution < 1.29 is 34.7 Å². The molecular weight excluding hydrogens is 625 g/mol. The highest BCUT2D eigenvalue weighted by Crippen LogP contribution is 2.62. The second-order valence-electron chi connectivity index (χ2n) is 11.4. The van der Waals surface area contributed by atoms with Crippen molar-refractivity contribution in [3.63, 3.8) is 0 Å². The Morgan fingerprint density at radius 1 is 0.500 bits per heavy atom. The Hall–Kier alpha value is -4.48. The molecule has 0 N–H and O–H groups in total. The zero-order valence-corrected chi connectivity index (χ0v) is 26.6. The van der Waals surface area contributed by atoms with Gasteiger partial charge < -0.3 is 9.47 Å². The quantitative estimate of drug-likeness (QED) is 0.177. The van der Waals surface area contributed by atoms with E-state index in [1.807, 2.05) is 72.8 Å². The van der Waals surface area contributed by atoms with Crippen molar-refractivity contribution in [1.29, 1.82) is 0 Å². The first-order valence-corrected chi connectivity index (χ1v) is 18.2. The van der Waals surface area contributed by atoms with Gasteiger partial charge in [-0.15, -0.1) is 0 Å². The van der Waals surface area contributed by atoms with Crippen molar-refractivity contribution >= 4 is 20.2 Å².